The van der Waals surface area contributed by atoms with Gasteiger partial charge in [0.1, 0.15) is 0 Å². The lowest BCUT2D eigenvalue weighted by Crippen LogP contribution is -2.42. The van der Waals surface area contributed by atoms with Gasteiger partial charge in [-0.15, -0.1) is 0 Å². The lowest BCUT2D eigenvalue weighted by Gasteiger charge is -2.30. The summed E-state index contributed by atoms with van der Waals surface area (Å²) in [6.45, 7) is 4.90. The van der Waals surface area contributed by atoms with Crippen LogP contribution in [0.15, 0.2) is 18.2 Å². The first-order chi connectivity index (χ1) is 9.49. The second-order valence-electron chi connectivity index (χ2n) is 5.30. The van der Waals surface area contributed by atoms with Crippen LogP contribution in [-0.2, 0) is 4.79 Å². The molecular weight excluding hydrogens is 256 g/mol. The Kier molecular flexibility index (Phi) is 4.27. The molecule has 1 heterocycles. The monoisotopic (exact) mass is 276 g/mol. The minimum Gasteiger partial charge on any atom is -0.481 e. The standard InChI is InChI=1S/C15H20N2O3/c1-10-4-3-5-11(2)13(10)16-15(20)17-8-6-12(7-9-17)14(18)19/h3-5,12H,6-9H2,1-2H3,(H,16,20)(H,18,19). The number of carbonyl (C=O) groups is 2. The van der Waals surface area contributed by atoms with Crippen LogP contribution in [0.1, 0.15) is 24.0 Å². The van der Waals surface area contributed by atoms with Crippen LogP contribution in [0.4, 0.5) is 10.5 Å². The highest BCUT2D eigenvalue weighted by molar-refractivity contribution is 5.91. The Morgan fingerprint density at radius 1 is 1.20 bits per heavy atom. The van der Waals surface area contributed by atoms with E-state index in [0.717, 1.165) is 16.8 Å². The number of likely N-dealkylation sites (tertiary alicyclic amines) is 1. The predicted molar refractivity (Wildman–Crippen MR) is 76.9 cm³/mol. The number of nitrogens with one attached hydrogen (secondary N) is 1. The average molecular weight is 276 g/mol. The summed E-state index contributed by atoms with van der Waals surface area (Å²) in [7, 11) is 0. The molecule has 0 saturated carbocycles. The summed E-state index contributed by atoms with van der Waals surface area (Å²) in [5.74, 6) is -1.08. The molecule has 20 heavy (non-hydrogen) atoms. The molecular formula is C15H20N2O3. The van der Waals surface area contributed by atoms with Crippen molar-refractivity contribution in [2.45, 2.75) is 26.7 Å². The van der Waals surface area contributed by atoms with Crippen LogP contribution in [0.3, 0.4) is 0 Å². The van der Waals surface area contributed by atoms with Gasteiger partial charge < -0.3 is 15.3 Å². The number of carboxylic acid groups (broad SMARTS) is 1. The molecule has 1 aromatic rings. The fraction of sp³-hybridized carbons (Fsp3) is 0.467. The van der Waals surface area contributed by atoms with Crippen molar-refractivity contribution in [3.05, 3.63) is 29.3 Å². The number of benzene rings is 1. The van der Waals surface area contributed by atoms with Crippen molar-refractivity contribution in [3.8, 4) is 0 Å². The van der Waals surface area contributed by atoms with Gasteiger partial charge in [0.15, 0.2) is 0 Å². The first-order valence-electron chi connectivity index (χ1n) is 6.84. The van der Waals surface area contributed by atoms with E-state index >= 15 is 0 Å². The summed E-state index contributed by atoms with van der Waals surface area (Å²) in [6.07, 6.45) is 1.05. The molecule has 0 radical (unpaired) electrons. The number of amides is 2. The molecule has 0 spiro atoms. The van der Waals surface area contributed by atoms with E-state index in [4.69, 9.17) is 5.11 Å². The number of carboxylic acids is 1. The van der Waals surface area contributed by atoms with E-state index in [-0.39, 0.29) is 11.9 Å². The van der Waals surface area contributed by atoms with Gasteiger partial charge in [0.05, 0.1) is 5.92 Å². The van der Waals surface area contributed by atoms with Crippen molar-refractivity contribution < 1.29 is 14.7 Å². The summed E-state index contributed by atoms with van der Waals surface area (Å²) in [4.78, 5) is 24.8. The van der Waals surface area contributed by atoms with Crippen LogP contribution < -0.4 is 5.32 Å². The number of para-hydroxylation sites is 1. The summed E-state index contributed by atoms with van der Waals surface area (Å²) in [5, 5.41) is 11.9. The Labute approximate surface area is 118 Å². The van der Waals surface area contributed by atoms with E-state index in [1.54, 1.807) is 4.90 Å². The quantitative estimate of drug-likeness (QED) is 0.872. The molecule has 5 heteroatoms. The van der Waals surface area contributed by atoms with Crippen molar-refractivity contribution >= 4 is 17.7 Å². The summed E-state index contributed by atoms with van der Waals surface area (Å²) < 4.78 is 0. The van der Waals surface area contributed by atoms with Crippen molar-refractivity contribution in [2.75, 3.05) is 18.4 Å². The normalized spacial score (nSPS) is 16.0. The number of piperidine rings is 1. The van der Waals surface area contributed by atoms with Gasteiger partial charge in [-0.25, -0.2) is 4.79 Å². The van der Waals surface area contributed by atoms with Gasteiger partial charge >= 0.3 is 12.0 Å². The van der Waals surface area contributed by atoms with Crippen LogP contribution in [0, 0.1) is 19.8 Å². The first kappa shape index (κ1) is 14.4. The summed E-state index contributed by atoms with van der Waals surface area (Å²) in [6, 6.07) is 5.73. The highest BCUT2D eigenvalue weighted by Crippen LogP contribution is 2.22. The summed E-state index contributed by atoms with van der Waals surface area (Å²) >= 11 is 0. The number of aryl methyl sites for hydroxylation is 2. The molecule has 2 rings (SSSR count). The maximum atomic E-state index is 12.2. The van der Waals surface area contributed by atoms with E-state index in [2.05, 4.69) is 5.32 Å². The molecule has 108 valence electrons. The zero-order chi connectivity index (χ0) is 14.7. The molecule has 2 N–H and O–H groups in total. The molecule has 0 aliphatic carbocycles. The number of nitrogens with zero attached hydrogens (tertiary/aromatic N) is 1. The van der Waals surface area contributed by atoms with E-state index < -0.39 is 5.97 Å². The van der Waals surface area contributed by atoms with Gasteiger partial charge in [-0.05, 0) is 37.8 Å². The molecule has 1 fully saturated rings. The molecule has 0 unspecified atom stereocenters. The van der Waals surface area contributed by atoms with Crippen molar-refractivity contribution in [3.63, 3.8) is 0 Å². The Balaban J connectivity index is 1.98. The van der Waals surface area contributed by atoms with E-state index in [1.165, 1.54) is 0 Å². The number of carbonyl (C=O) groups excluding carboxylic acids is 1. The van der Waals surface area contributed by atoms with Crippen molar-refractivity contribution in [1.29, 1.82) is 0 Å². The number of hydrogen-bond acceptors (Lipinski definition) is 2. The van der Waals surface area contributed by atoms with Gasteiger partial charge in [-0.1, -0.05) is 18.2 Å². The smallest absolute Gasteiger partial charge is 0.321 e. The molecule has 1 aromatic carbocycles. The first-order valence-corrected chi connectivity index (χ1v) is 6.84. The minimum absolute atomic E-state index is 0.147. The molecule has 0 bridgehead atoms. The van der Waals surface area contributed by atoms with Crippen LogP contribution in [0.2, 0.25) is 0 Å². The van der Waals surface area contributed by atoms with Gasteiger partial charge in [0, 0.05) is 18.8 Å². The molecule has 1 saturated heterocycles. The van der Waals surface area contributed by atoms with Gasteiger partial charge in [-0.3, -0.25) is 4.79 Å². The maximum Gasteiger partial charge on any atom is 0.321 e. The SMILES string of the molecule is Cc1cccc(C)c1NC(=O)N1CCC(C(=O)O)CC1. The highest BCUT2D eigenvalue weighted by atomic mass is 16.4. The second-order valence-corrected chi connectivity index (χ2v) is 5.30. The number of aliphatic carboxylic acids is 1. The minimum atomic E-state index is -0.764. The Bertz CT molecular complexity index is 500. The number of hydrogen-bond donors (Lipinski definition) is 2. The fourth-order valence-electron chi connectivity index (χ4n) is 2.53. The third-order valence-electron chi connectivity index (χ3n) is 3.84. The molecule has 2 amide bonds. The Morgan fingerprint density at radius 2 is 1.75 bits per heavy atom. The van der Waals surface area contributed by atoms with E-state index in [9.17, 15) is 9.59 Å². The van der Waals surface area contributed by atoms with Gasteiger partial charge in [0.2, 0.25) is 0 Å². The number of anilines is 1. The Hall–Kier alpha value is -2.04. The fourth-order valence-corrected chi connectivity index (χ4v) is 2.53. The van der Waals surface area contributed by atoms with Gasteiger partial charge in [0.25, 0.3) is 0 Å². The maximum absolute atomic E-state index is 12.2. The largest absolute Gasteiger partial charge is 0.481 e. The third kappa shape index (κ3) is 3.10. The molecule has 1 aliphatic rings. The molecule has 0 atom stereocenters. The van der Waals surface area contributed by atoms with Crippen LogP contribution in [-0.4, -0.2) is 35.1 Å². The average Bonchev–Trinajstić information content (AvgIpc) is 2.43. The molecule has 0 aromatic heterocycles. The topological polar surface area (TPSA) is 69.6 Å². The number of rotatable bonds is 2. The zero-order valence-corrected chi connectivity index (χ0v) is 11.8. The third-order valence-corrected chi connectivity index (χ3v) is 3.84. The van der Waals surface area contributed by atoms with Crippen LogP contribution in [0.5, 0.6) is 0 Å². The zero-order valence-electron chi connectivity index (χ0n) is 11.8. The highest BCUT2D eigenvalue weighted by Gasteiger charge is 2.27. The lowest BCUT2D eigenvalue weighted by atomic mass is 9.97. The van der Waals surface area contributed by atoms with Gasteiger partial charge in [-0.2, -0.15) is 0 Å². The molecule has 5 nitrogen and oxygen atoms in total. The Morgan fingerprint density at radius 3 is 2.25 bits per heavy atom. The van der Waals surface area contributed by atoms with Crippen molar-refractivity contribution in [2.24, 2.45) is 5.92 Å². The van der Waals surface area contributed by atoms with E-state index in [1.807, 2.05) is 32.0 Å². The summed E-state index contributed by atoms with van der Waals surface area (Å²) in [5.41, 5.74) is 2.90. The van der Waals surface area contributed by atoms with E-state index in [0.29, 0.717) is 25.9 Å². The lowest BCUT2D eigenvalue weighted by molar-refractivity contribution is -0.143. The van der Waals surface area contributed by atoms with Crippen LogP contribution >= 0.6 is 0 Å². The predicted octanol–water partition coefficient (Wildman–Crippen LogP) is 2.63. The number of urea groups is 1. The van der Waals surface area contributed by atoms with Crippen LogP contribution in [0.25, 0.3) is 0 Å². The van der Waals surface area contributed by atoms with Crippen molar-refractivity contribution in [1.82, 2.24) is 4.90 Å². The molecule has 1 aliphatic heterocycles. The second kappa shape index (κ2) is 5.94.